The van der Waals surface area contributed by atoms with Crippen LogP contribution >= 0.6 is 0 Å². The molecule has 0 atom stereocenters. The Labute approximate surface area is 157 Å². The minimum atomic E-state index is -0.0429. The molecule has 0 spiro atoms. The van der Waals surface area contributed by atoms with Gasteiger partial charge in [0.1, 0.15) is 0 Å². The molecule has 0 unspecified atom stereocenters. The van der Waals surface area contributed by atoms with E-state index in [1.54, 1.807) is 31.0 Å². The Hall–Kier alpha value is -3.09. The van der Waals surface area contributed by atoms with Gasteiger partial charge in [0.05, 0.1) is 29.7 Å². The Morgan fingerprint density at radius 1 is 1.07 bits per heavy atom. The first-order chi connectivity index (χ1) is 13.2. The van der Waals surface area contributed by atoms with Crippen LogP contribution in [-0.4, -0.2) is 36.7 Å². The second-order valence-corrected chi connectivity index (χ2v) is 7.03. The number of aryl methyl sites for hydroxylation is 1. The highest BCUT2D eigenvalue weighted by molar-refractivity contribution is 5.94. The van der Waals surface area contributed by atoms with Crippen LogP contribution in [0.3, 0.4) is 0 Å². The van der Waals surface area contributed by atoms with Crippen LogP contribution in [0.5, 0.6) is 0 Å². The molecule has 1 fully saturated rings. The summed E-state index contributed by atoms with van der Waals surface area (Å²) in [6, 6.07) is 2.42. The molecule has 3 heterocycles. The van der Waals surface area contributed by atoms with E-state index in [0.29, 0.717) is 11.6 Å². The first-order valence-corrected chi connectivity index (χ1v) is 9.22. The quantitative estimate of drug-likeness (QED) is 0.771. The Balaban J connectivity index is 1.34. The number of hydrogen-bond acceptors (Lipinski definition) is 5. The number of rotatable bonds is 4. The van der Waals surface area contributed by atoms with Crippen molar-refractivity contribution in [1.29, 1.82) is 0 Å². The van der Waals surface area contributed by atoms with Crippen molar-refractivity contribution in [2.75, 3.05) is 0 Å². The lowest BCUT2D eigenvalue weighted by atomic mass is 9.91. The lowest BCUT2D eigenvalue weighted by Crippen LogP contribution is -2.38. The van der Waals surface area contributed by atoms with Crippen molar-refractivity contribution in [2.45, 2.75) is 44.7 Å². The number of carbonyl (C=O) groups is 1. The molecular weight excluding hydrogens is 340 g/mol. The molecule has 7 heteroatoms. The lowest BCUT2D eigenvalue weighted by Gasteiger charge is -2.29. The van der Waals surface area contributed by atoms with Gasteiger partial charge in [-0.25, -0.2) is 0 Å². The van der Waals surface area contributed by atoms with Crippen molar-refractivity contribution in [3.63, 3.8) is 0 Å². The van der Waals surface area contributed by atoms with Crippen LogP contribution in [0, 0.1) is 6.92 Å². The minimum absolute atomic E-state index is 0.0429. The van der Waals surface area contributed by atoms with E-state index in [0.717, 1.165) is 42.5 Å². The van der Waals surface area contributed by atoms with Crippen LogP contribution in [0.1, 0.15) is 47.6 Å². The van der Waals surface area contributed by atoms with Gasteiger partial charge in [-0.15, -0.1) is 0 Å². The standard InChI is InChI=1S/C20H22N6O/c1-14-8-15(10-22-9-14)20(27)25-17-2-4-18(5-3-17)26-13-16(11-24-26)19-12-21-6-7-23-19/h6-13,17-18H,2-5H2,1H3,(H,25,27). The maximum absolute atomic E-state index is 12.4. The van der Waals surface area contributed by atoms with Gasteiger partial charge in [-0.3, -0.25) is 24.4 Å². The maximum atomic E-state index is 12.4. The summed E-state index contributed by atoms with van der Waals surface area (Å²) in [6.07, 6.45) is 16.2. The average Bonchev–Trinajstić information content (AvgIpc) is 3.19. The molecule has 7 nitrogen and oxygen atoms in total. The summed E-state index contributed by atoms with van der Waals surface area (Å²) >= 11 is 0. The van der Waals surface area contributed by atoms with Gasteiger partial charge >= 0.3 is 0 Å². The topological polar surface area (TPSA) is 85.6 Å². The monoisotopic (exact) mass is 362 g/mol. The summed E-state index contributed by atoms with van der Waals surface area (Å²) in [7, 11) is 0. The molecule has 1 aliphatic rings. The van der Waals surface area contributed by atoms with Gasteiger partial charge in [0.15, 0.2) is 0 Å². The molecule has 0 bridgehead atoms. The fraction of sp³-hybridized carbons (Fsp3) is 0.350. The molecule has 0 saturated heterocycles. The molecule has 0 aliphatic heterocycles. The number of amides is 1. The predicted octanol–water partition coefficient (Wildman–Crippen LogP) is 2.96. The van der Waals surface area contributed by atoms with Crippen molar-refractivity contribution in [3.8, 4) is 11.3 Å². The SMILES string of the molecule is Cc1cncc(C(=O)NC2CCC(n3cc(-c4cnccn4)cn3)CC2)c1. The largest absolute Gasteiger partial charge is 0.349 e. The van der Waals surface area contributed by atoms with E-state index in [4.69, 9.17) is 0 Å². The number of carbonyl (C=O) groups excluding carboxylic acids is 1. The van der Waals surface area contributed by atoms with E-state index >= 15 is 0 Å². The van der Waals surface area contributed by atoms with Gasteiger partial charge < -0.3 is 5.32 Å². The summed E-state index contributed by atoms with van der Waals surface area (Å²) in [5, 5.41) is 7.65. The lowest BCUT2D eigenvalue weighted by molar-refractivity contribution is 0.0921. The Morgan fingerprint density at radius 2 is 1.93 bits per heavy atom. The van der Waals surface area contributed by atoms with Gasteiger partial charge in [-0.05, 0) is 44.2 Å². The van der Waals surface area contributed by atoms with Crippen LogP contribution in [0.2, 0.25) is 0 Å². The summed E-state index contributed by atoms with van der Waals surface area (Å²) in [4.78, 5) is 24.9. The van der Waals surface area contributed by atoms with Crippen molar-refractivity contribution in [2.24, 2.45) is 0 Å². The van der Waals surface area contributed by atoms with Crippen LogP contribution < -0.4 is 5.32 Å². The highest BCUT2D eigenvalue weighted by Gasteiger charge is 2.24. The molecule has 0 aromatic carbocycles. The zero-order chi connectivity index (χ0) is 18.6. The third-order valence-corrected chi connectivity index (χ3v) is 5.00. The number of pyridine rings is 1. The second kappa shape index (κ2) is 7.65. The van der Waals surface area contributed by atoms with Crippen molar-refractivity contribution in [3.05, 3.63) is 60.6 Å². The smallest absolute Gasteiger partial charge is 0.253 e. The minimum Gasteiger partial charge on any atom is -0.349 e. The molecular formula is C20H22N6O. The van der Waals surface area contributed by atoms with Crippen molar-refractivity contribution < 1.29 is 4.79 Å². The first-order valence-electron chi connectivity index (χ1n) is 9.22. The van der Waals surface area contributed by atoms with Gasteiger partial charge in [0, 0.05) is 42.6 Å². The molecule has 4 rings (SSSR count). The molecule has 1 N–H and O–H groups in total. The van der Waals surface area contributed by atoms with E-state index < -0.39 is 0 Å². The van der Waals surface area contributed by atoms with Crippen LogP contribution in [0.4, 0.5) is 0 Å². The van der Waals surface area contributed by atoms with Crippen LogP contribution in [0.25, 0.3) is 11.3 Å². The third-order valence-electron chi connectivity index (χ3n) is 5.00. The van der Waals surface area contributed by atoms with Crippen LogP contribution in [0.15, 0.2) is 49.4 Å². The molecule has 3 aromatic heterocycles. The summed E-state index contributed by atoms with van der Waals surface area (Å²) in [5.41, 5.74) is 3.42. The van der Waals surface area contributed by atoms with Gasteiger partial charge in [0.2, 0.25) is 0 Å². The summed E-state index contributed by atoms with van der Waals surface area (Å²) in [5.74, 6) is -0.0429. The fourth-order valence-corrected chi connectivity index (χ4v) is 3.55. The summed E-state index contributed by atoms with van der Waals surface area (Å²) in [6.45, 7) is 1.94. The maximum Gasteiger partial charge on any atom is 0.253 e. The number of aromatic nitrogens is 5. The average molecular weight is 362 g/mol. The van der Waals surface area contributed by atoms with Crippen LogP contribution in [-0.2, 0) is 0 Å². The number of nitrogens with zero attached hydrogens (tertiary/aromatic N) is 5. The fourth-order valence-electron chi connectivity index (χ4n) is 3.55. The number of hydrogen-bond donors (Lipinski definition) is 1. The zero-order valence-corrected chi connectivity index (χ0v) is 15.2. The van der Waals surface area contributed by atoms with E-state index in [1.165, 1.54) is 0 Å². The van der Waals surface area contributed by atoms with Crippen molar-refractivity contribution in [1.82, 2.24) is 30.0 Å². The van der Waals surface area contributed by atoms with E-state index in [-0.39, 0.29) is 11.9 Å². The van der Waals surface area contributed by atoms with E-state index in [1.807, 2.05) is 30.1 Å². The molecule has 1 amide bonds. The Bertz CT molecular complexity index is 915. The predicted molar refractivity (Wildman–Crippen MR) is 101 cm³/mol. The molecule has 1 aliphatic carbocycles. The van der Waals surface area contributed by atoms with E-state index in [2.05, 4.69) is 25.4 Å². The normalized spacial score (nSPS) is 19.6. The number of nitrogens with one attached hydrogen (secondary N) is 1. The van der Waals surface area contributed by atoms with Gasteiger partial charge in [-0.1, -0.05) is 0 Å². The Kier molecular flexibility index (Phi) is 4.91. The van der Waals surface area contributed by atoms with E-state index in [9.17, 15) is 4.79 Å². The molecule has 27 heavy (non-hydrogen) atoms. The molecule has 138 valence electrons. The second-order valence-electron chi connectivity index (χ2n) is 7.03. The highest BCUT2D eigenvalue weighted by atomic mass is 16.1. The van der Waals surface area contributed by atoms with Gasteiger partial charge in [-0.2, -0.15) is 5.10 Å². The molecule has 0 radical (unpaired) electrons. The zero-order valence-electron chi connectivity index (χ0n) is 15.2. The Morgan fingerprint density at radius 3 is 2.67 bits per heavy atom. The highest BCUT2D eigenvalue weighted by Crippen LogP contribution is 2.29. The molecule has 3 aromatic rings. The van der Waals surface area contributed by atoms with Gasteiger partial charge in [0.25, 0.3) is 5.91 Å². The van der Waals surface area contributed by atoms with Crippen molar-refractivity contribution >= 4 is 5.91 Å². The summed E-state index contributed by atoms with van der Waals surface area (Å²) < 4.78 is 2.02. The third kappa shape index (κ3) is 4.02. The molecule has 1 saturated carbocycles. The first kappa shape index (κ1) is 17.3.